The van der Waals surface area contributed by atoms with Crippen LogP contribution >= 0.6 is 0 Å². The number of rotatable bonds is 5. The van der Waals surface area contributed by atoms with Crippen molar-refractivity contribution >= 4 is 12.0 Å². The Morgan fingerprint density at radius 1 is 1.32 bits per heavy atom. The number of hydrogen-bond donors (Lipinski definition) is 2. The number of benzene rings is 1. The van der Waals surface area contributed by atoms with E-state index in [4.69, 9.17) is 5.73 Å². The van der Waals surface area contributed by atoms with Crippen molar-refractivity contribution < 1.29 is 14.4 Å². The van der Waals surface area contributed by atoms with Crippen LogP contribution in [0.5, 0.6) is 0 Å². The summed E-state index contributed by atoms with van der Waals surface area (Å²) in [5, 5.41) is 0. The molecule has 0 aromatic heterocycles. The molecule has 0 aliphatic carbocycles. The number of hydrogen-bond acceptors (Lipinski definition) is 3. The fourth-order valence-corrected chi connectivity index (χ4v) is 1.80. The van der Waals surface area contributed by atoms with Crippen molar-refractivity contribution in [3.05, 3.63) is 35.4 Å². The van der Waals surface area contributed by atoms with Crippen LogP contribution in [0.25, 0.3) is 0 Å². The third-order valence-corrected chi connectivity index (χ3v) is 2.86. The van der Waals surface area contributed by atoms with Crippen LogP contribution in [0.1, 0.15) is 43.2 Å². The maximum absolute atomic E-state index is 11.9. The minimum absolute atomic E-state index is 0.382. The number of nitrogens with two attached hydrogens (primary N) is 1. The van der Waals surface area contributed by atoms with Crippen molar-refractivity contribution in [2.45, 2.75) is 39.0 Å². The van der Waals surface area contributed by atoms with Crippen molar-refractivity contribution in [3.8, 4) is 0 Å². The minimum Gasteiger partial charge on any atom is -0.349 e. The smallest absolute Gasteiger partial charge is 0.345 e. The van der Waals surface area contributed by atoms with Gasteiger partial charge in [0.15, 0.2) is 0 Å². The second-order valence-corrected chi connectivity index (χ2v) is 4.49. The number of carbonyl (C=O) groups excluding carboxylic acids is 2. The second kappa shape index (κ2) is 7.41. The molecule has 0 saturated heterocycles. The molecule has 3 N–H and O–H groups in total. The van der Waals surface area contributed by atoms with E-state index in [1.165, 1.54) is 0 Å². The monoisotopic (exact) mass is 264 g/mol. The molecule has 0 aliphatic rings. The van der Waals surface area contributed by atoms with Gasteiger partial charge >= 0.3 is 12.0 Å². The Kier molecular flexibility index (Phi) is 5.85. The highest BCUT2D eigenvalue weighted by molar-refractivity contribution is 5.80. The summed E-state index contributed by atoms with van der Waals surface area (Å²) in [7, 11) is 0. The van der Waals surface area contributed by atoms with Crippen molar-refractivity contribution in [3.63, 3.8) is 0 Å². The fraction of sp³-hybridized carbons (Fsp3) is 0.429. The summed E-state index contributed by atoms with van der Waals surface area (Å²) in [6.45, 7) is 4.04. The van der Waals surface area contributed by atoms with Gasteiger partial charge < -0.3 is 10.6 Å². The summed E-state index contributed by atoms with van der Waals surface area (Å²) >= 11 is 0. The van der Waals surface area contributed by atoms with Crippen LogP contribution in [0.3, 0.4) is 0 Å². The summed E-state index contributed by atoms with van der Waals surface area (Å²) in [6.07, 6.45) is 2.57. The van der Waals surface area contributed by atoms with Gasteiger partial charge in [-0.05, 0) is 18.9 Å². The van der Waals surface area contributed by atoms with E-state index >= 15 is 0 Å². The Bertz CT molecular complexity index is 429. The van der Waals surface area contributed by atoms with E-state index < -0.39 is 12.0 Å². The first-order chi connectivity index (χ1) is 9.04. The zero-order valence-corrected chi connectivity index (χ0v) is 11.3. The van der Waals surface area contributed by atoms with Gasteiger partial charge in [0.25, 0.3) is 0 Å². The lowest BCUT2D eigenvalue weighted by Gasteiger charge is -2.15. The van der Waals surface area contributed by atoms with E-state index in [1.807, 2.05) is 36.7 Å². The molecule has 1 aromatic rings. The van der Waals surface area contributed by atoms with Crippen molar-refractivity contribution in [1.29, 1.82) is 0 Å². The lowest BCUT2D eigenvalue weighted by molar-refractivity contribution is -0.150. The summed E-state index contributed by atoms with van der Waals surface area (Å²) in [5.41, 5.74) is 8.76. The molecule has 0 radical (unpaired) electrons. The van der Waals surface area contributed by atoms with Gasteiger partial charge in [-0.3, -0.25) is 0 Å². The number of carbonyl (C=O) groups is 2. The molecule has 0 spiro atoms. The van der Waals surface area contributed by atoms with E-state index in [2.05, 4.69) is 11.8 Å². The van der Waals surface area contributed by atoms with Gasteiger partial charge in [0.2, 0.25) is 0 Å². The van der Waals surface area contributed by atoms with Crippen molar-refractivity contribution in [2.75, 3.05) is 0 Å². The number of primary amides is 1. The summed E-state index contributed by atoms with van der Waals surface area (Å²) in [4.78, 5) is 27.2. The van der Waals surface area contributed by atoms with Gasteiger partial charge in [-0.15, -0.1) is 0 Å². The average Bonchev–Trinajstić information content (AvgIpc) is 2.38. The van der Waals surface area contributed by atoms with Crippen molar-refractivity contribution in [2.24, 2.45) is 5.73 Å². The molecule has 5 heteroatoms. The number of nitrogens with one attached hydrogen (secondary N) is 1. The molecule has 0 aliphatic heterocycles. The fourth-order valence-electron chi connectivity index (χ4n) is 1.80. The molecule has 0 saturated carbocycles. The maximum atomic E-state index is 11.9. The second-order valence-electron chi connectivity index (χ2n) is 4.49. The molecule has 104 valence electrons. The largest absolute Gasteiger partial charge is 0.349 e. The first-order valence-electron chi connectivity index (χ1n) is 6.37. The quantitative estimate of drug-likeness (QED) is 0.801. The van der Waals surface area contributed by atoms with Crippen LogP contribution in [0.15, 0.2) is 24.3 Å². The lowest BCUT2D eigenvalue weighted by Crippen LogP contribution is -2.33. The highest BCUT2D eigenvalue weighted by atomic mass is 16.7. The van der Waals surface area contributed by atoms with Gasteiger partial charge in [0, 0.05) is 0 Å². The standard InChI is InChI=1S/C14H20N2O3/c1-3-4-5-12(13(17)19-16-14(15)18)11-8-6-10(2)7-9-11/h6-9,12H,3-5H2,1-2H3,(H3,15,16,18). The Balaban J connectivity index is 2.78. The first kappa shape index (κ1) is 15.0. The molecule has 0 heterocycles. The summed E-state index contributed by atoms with van der Waals surface area (Å²) in [5.74, 6) is -0.872. The van der Waals surface area contributed by atoms with Gasteiger partial charge in [-0.1, -0.05) is 49.6 Å². The van der Waals surface area contributed by atoms with E-state index in [-0.39, 0.29) is 5.92 Å². The summed E-state index contributed by atoms with van der Waals surface area (Å²) < 4.78 is 0. The number of unbranched alkanes of at least 4 members (excludes halogenated alkanes) is 1. The SMILES string of the molecule is CCCCC(C(=O)ONC(N)=O)c1ccc(C)cc1. The number of hydroxylamine groups is 1. The van der Waals surface area contributed by atoms with Gasteiger partial charge in [-0.2, -0.15) is 5.48 Å². The molecular formula is C14H20N2O3. The average molecular weight is 264 g/mol. The molecule has 2 amide bonds. The lowest BCUT2D eigenvalue weighted by atomic mass is 9.93. The van der Waals surface area contributed by atoms with E-state index in [1.54, 1.807) is 0 Å². The summed E-state index contributed by atoms with van der Waals surface area (Å²) in [6, 6.07) is 6.82. The number of amides is 2. The van der Waals surface area contributed by atoms with Crippen LogP contribution < -0.4 is 11.2 Å². The van der Waals surface area contributed by atoms with Crippen LogP contribution in [-0.2, 0) is 9.63 Å². The molecule has 1 aromatic carbocycles. The van der Waals surface area contributed by atoms with Gasteiger partial charge in [-0.25, -0.2) is 9.59 Å². The zero-order chi connectivity index (χ0) is 14.3. The Morgan fingerprint density at radius 2 is 1.95 bits per heavy atom. The molecule has 19 heavy (non-hydrogen) atoms. The third kappa shape index (κ3) is 4.99. The normalized spacial score (nSPS) is 11.7. The van der Waals surface area contributed by atoms with Crippen LogP contribution in [0.2, 0.25) is 0 Å². The molecular weight excluding hydrogens is 244 g/mol. The van der Waals surface area contributed by atoms with E-state index in [9.17, 15) is 9.59 Å². The van der Waals surface area contributed by atoms with Gasteiger partial charge in [0.05, 0.1) is 5.92 Å². The topological polar surface area (TPSA) is 81.4 Å². The Labute approximate surface area is 113 Å². The molecule has 1 rings (SSSR count). The first-order valence-corrected chi connectivity index (χ1v) is 6.37. The predicted molar refractivity (Wildman–Crippen MR) is 72.3 cm³/mol. The van der Waals surface area contributed by atoms with Crippen LogP contribution in [0.4, 0.5) is 4.79 Å². The Morgan fingerprint density at radius 3 is 2.47 bits per heavy atom. The highest BCUT2D eigenvalue weighted by Crippen LogP contribution is 2.23. The molecule has 1 unspecified atom stereocenters. The number of urea groups is 1. The molecule has 5 nitrogen and oxygen atoms in total. The van der Waals surface area contributed by atoms with Gasteiger partial charge in [0.1, 0.15) is 0 Å². The predicted octanol–water partition coefficient (Wildman–Crippen LogP) is 2.40. The van der Waals surface area contributed by atoms with Crippen LogP contribution in [-0.4, -0.2) is 12.0 Å². The highest BCUT2D eigenvalue weighted by Gasteiger charge is 2.22. The molecule has 0 fully saturated rings. The zero-order valence-electron chi connectivity index (χ0n) is 11.3. The number of aryl methyl sites for hydroxylation is 1. The molecule has 0 bridgehead atoms. The Hall–Kier alpha value is -2.04. The minimum atomic E-state index is -0.883. The van der Waals surface area contributed by atoms with Crippen LogP contribution in [0, 0.1) is 6.92 Å². The van der Waals surface area contributed by atoms with Crippen molar-refractivity contribution in [1.82, 2.24) is 5.48 Å². The van der Waals surface area contributed by atoms with E-state index in [0.29, 0.717) is 6.42 Å². The third-order valence-electron chi connectivity index (χ3n) is 2.86. The van der Waals surface area contributed by atoms with E-state index in [0.717, 1.165) is 24.0 Å². The maximum Gasteiger partial charge on any atom is 0.345 e. The molecule has 1 atom stereocenters.